The van der Waals surface area contributed by atoms with E-state index in [-0.39, 0.29) is 0 Å². The van der Waals surface area contributed by atoms with E-state index in [4.69, 9.17) is 4.74 Å². The molecule has 1 aliphatic rings. The number of carbonyl (C=O) groups excluding carboxylic acids is 1. The van der Waals surface area contributed by atoms with Crippen LogP contribution in [0.25, 0.3) is 0 Å². The number of carbonyl (C=O) groups is 1. The highest BCUT2D eigenvalue weighted by Gasteiger charge is 2.15. The summed E-state index contributed by atoms with van der Waals surface area (Å²) in [4.78, 5) is 13.6. The van der Waals surface area contributed by atoms with Gasteiger partial charge >= 0.3 is 0 Å². The Bertz CT molecular complexity index is 179. The van der Waals surface area contributed by atoms with Gasteiger partial charge in [0.25, 0.3) is 0 Å². The van der Waals surface area contributed by atoms with Gasteiger partial charge in [-0.05, 0) is 26.4 Å². The van der Waals surface area contributed by atoms with Crippen LogP contribution in [0, 0.1) is 0 Å². The smallest absolute Gasteiger partial charge is 0.222 e. The van der Waals surface area contributed by atoms with Crippen LogP contribution in [0.1, 0.15) is 25.7 Å². The Hall–Kier alpha value is -0.610. The number of ether oxygens (including phenoxy) is 1. The maximum absolute atomic E-state index is 11.7. The molecule has 0 radical (unpaired) electrons. The van der Waals surface area contributed by atoms with E-state index in [0.717, 1.165) is 38.9 Å². The molecule has 0 spiro atoms. The second-order valence-electron chi connectivity index (χ2n) is 3.91. The maximum atomic E-state index is 11.7. The first kappa shape index (κ1) is 12.5. The first-order valence-electron chi connectivity index (χ1n) is 5.84. The third kappa shape index (κ3) is 5.14. The minimum atomic E-state index is 0.294. The van der Waals surface area contributed by atoms with Crippen LogP contribution in [0.2, 0.25) is 0 Å². The third-order valence-electron chi connectivity index (χ3n) is 2.68. The van der Waals surface area contributed by atoms with Gasteiger partial charge in [0.2, 0.25) is 5.91 Å². The summed E-state index contributed by atoms with van der Waals surface area (Å²) in [7, 11) is 1.96. The lowest BCUT2D eigenvalue weighted by Crippen LogP contribution is -2.40. The number of amides is 1. The van der Waals surface area contributed by atoms with Gasteiger partial charge in [0.05, 0.1) is 13.2 Å². The number of morpholine rings is 1. The molecule has 0 aromatic rings. The van der Waals surface area contributed by atoms with Crippen LogP contribution < -0.4 is 5.32 Å². The standard InChI is InChI=1S/C11H22N2O2/c1-12-6-4-2-3-5-11(14)13-7-9-15-10-8-13/h12H,2-10H2,1H3. The predicted octanol–water partition coefficient (Wildman–Crippen LogP) is 0.625. The van der Waals surface area contributed by atoms with Crippen molar-refractivity contribution in [3.63, 3.8) is 0 Å². The van der Waals surface area contributed by atoms with Crippen LogP contribution in [0.15, 0.2) is 0 Å². The fourth-order valence-electron chi connectivity index (χ4n) is 1.73. The summed E-state index contributed by atoms with van der Waals surface area (Å²) in [6.45, 7) is 3.99. The zero-order chi connectivity index (χ0) is 10.9. The fourth-order valence-corrected chi connectivity index (χ4v) is 1.73. The Morgan fingerprint density at radius 1 is 1.27 bits per heavy atom. The zero-order valence-electron chi connectivity index (χ0n) is 9.63. The van der Waals surface area contributed by atoms with Crippen LogP contribution in [0.3, 0.4) is 0 Å². The fraction of sp³-hybridized carbons (Fsp3) is 0.909. The summed E-state index contributed by atoms with van der Waals surface area (Å²) >= 11 is 0. The van der Waals surface area contributed by atoms with Crippen molar-refractivity contribution in [1.82, 2.24) is 10.2 Å². The van der Waals surface area contributed by atoms with E-state index in [1.54, 1.807) is 0 Å². The molecule has 4 heteroatoms. The monoisotopic (exact) mass is 214 g/mol. The molecule has 0 aromatic carbocycles. The first-order chi connectivity index (χ1) is 7.34. The molecular weight excluding hydrogens is 192 g/mol. The van der Waals surface area contributed by atoms with E-state index in [0.29, 0.717) is 25.5 Å². The van der Waals surface area contributed by atoms with E-state index < -0.39 is 0 Å². The van der Waals surface area contributed by atoms with Crippen LogP contribution in [-0.4, -0.2) is 50.7 Å². The minimum Gasteiger partial charge on any atom is -0.378 e. The number of hydrogen-bond acceptors (Lipinski definition) is 3. The largest absolute Gasteiger partial charge is 0.378 e. The van der Waals surface area contributed by atoms with Gasteiger partial charge in [0, 0.05) is 19.5 Å². The van der Waals surface area contributed by atoms with Crippen molar-refractivity contribution in [1.29, 1.82) is 0 Å². The lowest BCUT2D eigenvalue weighted by Gasteiger charge is -2.26. The molecule has 1 N–H and O–H groups in total. The Labute approximate surface area is 92.0 Å². The zero-order valence-corrected chi connectivity index (χ0v) is 9.63. The van der Waals surface area contributed by atoms with E-state index in [2.05, 4.69) is 5.32 Å². The van der Waals surface area contributed by atoms with Gasteiger partial charge in [-0.2, -0.15) is 0 Å². The molecule has 1 fully saturated rings. The van der Waals surface area contributed by atoms with Crippen molar-refractivity contribution in [2.45, 2.75) is 25.7 Å². The molecule has 88 valence electrons. The van der Waals surface area contributed by atoms with Gasteiger partial charge in [-0.25, -0.2) is 0 Å². The van der Waals surface area contributed by atoms with Gasteiger partial charge in [0.1, 0.15) is 0 Å². The third-order valence-corrected chi connectivity index (χ3v) is 2.68. The Morgan fingerprint density at radius 2 is 2.00 bits per heavy atom. The van der Waals surface area contributed by atoms with Crippen molar-refractivity contribution >= 4 is 5.91 Å². The van der Waals surface area contributed by atoms with E-state index in [1.807, 2.05) is 11.9 Å². The van der Waals surface area contributed by atoms with Gasteiger partial charge in [-0.15, -0.1) is 0 Å². The van der Waals surface area contributed by atoms with Crippen LogP contribution in [0.4, 0.5) is 0 Å². The van der Waals surface area contributed by atoms with E-state index in [9.17, 15) is 4.79 Å². The Balaban J connectivity index is 2.02. The molecule has 1 heterocycles. The van der Waals surface area contributed by atoms with Crippen molar-refractivity contribution in [2.75, 3.05) is 39.9 Å². The molecule has 0 aromatic heterocycles. The highest BCUT2D eigenvalue weighted by Crippen LogP contribution is 2.05. The molecule has 0 bridgehead atoms. The summed E-state index contributed by atoms with van der Waals surface area (Å²) in [6.07, 6.45) is 4.01. The van der Waals surface area contributed by atoms with E-state index in [1.165, 1.54) is 0 Å². The molecule has 0 saturated carbocycles. The normalized spacial score (nSPS) is 16.7. The highest BCUT2D eigenvalue weighted by molar-refractivity contribution is 5.76. The van der Waals surface area contributed by atoms with Crippen molar-refractivity contribution in [3.8, 4) is 0 Å². The maximum Gasteiger partial charge on any atom is 0.222 e. The molecule has 15 heavy (non-hydrogen) atoms. The number of nitrogens with zero attached hydrogens (tertiary/aromatic N) is 1. The molecule has 0 aliphatic carbocycles. The van der Waals surface area contributed by atoms with Crippen molar-refractivity contribution in [2.24, 2.45) is 0 Å². The SMILES string of the molecule is CNCCCCCC(=O)N1CCOCC1. The number of hydrogen-bond donors (Lipinski definition) is 1. The average molecular weight is 214 g/mol. The molecule has 1 saturated heterocycles. The first-order valence-corrected chi connectivity index (χ1v) is 5.84. The Morgan fingerprint density at radius 3 is 2.67 bits per heavy atom. The lowest BCUT2D eigenvalue weighted by molar-refractivity contribution is -0.135. The Kier molecular flexibility index (Phi) is 6.36. The lowest BCUT2D eigenvalue weighted by atomic mass is 10.1. The minimum absolute atomic E-state index is 0.294. The highest BCUT2D eigenvalue weighted by atomic mass is 16.5. The predicted molar refractivity (Wildman–Crippen MR) is 59.8 cm³/mol. The van der Waals surface area contributed by atoms with Gasteiger partial charge in [-0.3, -0.25) is 4.79 Å². The second kappa shape index (κ2) is 7.65. The van der Waals surface area contributed by atoms with Crippen molar-refractivity contribution < 1.29 is 9.53 Å². The molecular formula is C11H22N2O2. The average Bonchev–Trinajstić information content (AvgIpc) is 2.30. The molecule has 1 rings (SSSR count). The number of rotatable bonds is 6. The second-order valence-corrected chi connectivity index (χ2v) is 3.91. The summed E-state index contributed by atoms with van der Waals surface area (Å²) in [6, 6.07) is 0. The van der Waals surface area contributed by atoms with Gasteiger partial charge < -0.3 is 15.0 Å². The summed E-state index contributed by atoms with van der Waals surface area (Å²) in [5.74, 6) is 0.294. The van der Waals surface area contributed by atoms with E-state index >= 15 is 0 Å². The van der Waals surface area contributed by atoms with Crippen LogP contribution in [0.5, 0.6) is 0 Å². The summed E-state index contributed by atoms with van der Waals surface area (Å²) in [5, 5.41) is 3.11. The van der Waals surface area contributed by atoms with Gasteiger partial charge in [0.15, 0.2) is 0 Å². The number of nitrogens with one attached hydrogen (secondary N) is 1. The molecule has 1 amide bonds. The van der Waals surface area contributed by atoms with Crippen LogP contribution >= 0.6 is 0 Å². The molecule has 1 aliphatic heterocycles. The quantitative estimate of drug-likeness (QED) is 0.659. The summed E-state index contributed by atoms with van der Waals surface area (Å²) < 4.78 is 5.21. The molecule has 0 atom stereocenters. The summed E-state index contributed by atoms with van der Waals surface area (Å²) in [5.41, 5.74) is 0. The van der Waals surface area contributed by atoms with Crippen LogP contribution in [-0.2, 0) is 9.53 Å². The molecule has 4 nitrogen and oxygen atoms in total. The number of unbranched alkanes of at least 4 members (excludes halogenated alkanes) is 2. The topological polar surface area (TPSA) is 41.6 Å². The van der Waals surface area contributed by atoms with Gasteiger partial charge in [-0.1, -0.05) is 6.42 Å². The van der Waals surface area contributed by atoms with Crippen molar-refractivity contribution in [3.05, 3.63) is 0 Å². The molecule has 0 unspecified atom stereocenters.